The summed E-state index contributed by atoms with van der Waals surface area (Å²) in [4.78, 5) is 19.7. The van der Waals surface area contributed by atoms with Crippen LogP contribution in [-0.4, -0.2) is 29.5 Å². The molecule has 166 valence electrons. The molecule has 1 fully saturated rings. The number of carbonyl (C=O) groups is 1. The fraction of sp³-hybridized carbons (Fsp3) is 0.190. The van der Waals surface area contributed by atoms with Crippen molar-refractivity contribution in [1.82, 2.24) is 14.7 Å². The minimum atomic E-state index is -3.22. The van der Waals surface area contributed by atoms with Gasteiger partial charge in [-0.05, 0) is 54.8 Å². The van der Waals surface area contributed by atoms with Crippen molar-refractivity contribution < 1.29 is 13.2 Å². The van der Waals surface area contributed by atoms with Gasteiger partial charge in [-0.15, -0.1) is 0 Å². The summed E-state index contributed by atoms with van der Waals surface area (Å²) < 4.78 is 26.5. The van der Waals surface area contributed by atoms with Crippen molar-refractivity contribution in [3.05, 3.63) is 70.9 Å². The lowest BCUT2D eigenvalue weighted by atomic mass is 10.2. The molecule has 32 heavy (non-hydrogen) atoms. The molecule has 4 rings (SSSR count). The second-order valence-electron chi connectivity index (χ2n) is 7.34. The minimum Gasteiger partial charge on any atom is -0.366 e. The molecule has 0 saturated heterocycles. The van der Waals surface area contributed by atoms with Crippen LogP contribution in [0.5, 0.6) is 0 Å². The second-order valence-corrected chi connectivity index (χ2v) is 9.80. The van der Waals surface area contributed by atoms with E-state index in [9.17, 15) is 13.2 Å². The monoisotopic (exact) mass is 472 g/mol. The topological polar surface area (TPSA) is 139 Å². The molecule has 0 spiro atoms. The van der Waals surface area contributed by atoms with Gasteiger partial charge in [-0.25, -0.2) is 18.1 Å². The van der Waals surface area contributed by atoms with Gasteiger partial charge in [0.05, 0.1) is 11.4 Å². The summed E-state index contributed by atoms with van der Waals surface area (Å²) in [6.07, 6.45) is 2.93. The van der Waals surface area contributed by atoms with E-state index in [0.29, 0.717) is 28.0 Å². The summed E-state index contributed by atoms with van der Waals surface area (Å²) in [5.41, 5.74) is 7.91. The Morgan fingerprint density at radius 1 is 1.03 bits per heavy atom. The zero-order valence-electron chi connectivity index (χ0n) is 16.9. The highest BCUT2D eigenvalue weighted by Crippen LogP contribution is 2.28. The van der Waals surface area contributed by atoms with Crippen molar-refractivity contribution in [3.8, 4) is 0 Å². The largest absolute Gasteiger partial charge is 0.366 e. The number of carbonyl (C=O) groups excluding carboxylic acids is 1. The molecule has 0 atom stereocenters. The Labute approximate surface area is 190 Å². The molecule has 1 aromatic heterocycles. The predicted molar refractivity (Wildman–Crippen MR) is 124 cm³/mol. The van der Waals surface area contributed by atoms with Gasteiger partial charge in [0, 0.05) is 23.5 Å². The van der Waals surface area contributed by atoms with Gasteiger partial charge in [-0.3, -0.25) is 4.79 Å². The SMILES string of the molecule is NC(=O)c1ccc(Nc2ncc(Cl)c(Nc3ccc(CNS(=O)(=O)C4CC4)cc3)n2)cc1. The van der Waals surface area contributed by atoms with Crippen LogP contribution >= 0.6 is 11.6 Å². The Morgan fingerprint density at radius 3 is 2.28 bits per heavy atom. The van der Waals surface area contributed by atoms with E-state index in [2.05, 4.69) is 25.3 Å². The molecule has 9 nitrogen and oxygen atoms in total. The fourth-order valence-electron chi connectivity index (χ4n) is 2.88. The van der Waals surface area contributed by atoms with Crippen molar-refractivity contribution >= 4 is 50.7 Å². The first-order valence-corrected chi connectivity index (χ1v) is 11.8. The number of hydrogen-bond donors (Lipinski definition) is 4. The zero-order valence-corrected chi connectivity index (χ0v) is 18.4. The van der Waals surface area contributed by atoms with Gasteiger partial charge in [0.1, 0.15) is 5.02 Å². The molecule has 0 radical (unpaired) electrons. The van der Waals surface area contributed by atoms with Gasteiger partial charge in [-0.2, -0.15) is 4.98 Å². The van der Waals surface area contributed by atoms with Crippen LogP contribution in [0.3, 0.4) is 0 Å². The van der Waals surface area contributed by atoms with Crippen LogP contribution in [0, 0.1) is 0 Å². The quantitative estimate of drug-likeness (QED) is 0.374. The van der Waals surface area contributed by atoms with Gasteiger partial charge in [-0.1, -0.05) is 23.7 Å². The molecule has 11 heteroatoms. The molecule has 1 saturated carbocycles. The van der Waals surface area contributed by atoms with E-state index in [1.165, 1.54) is 6.20 Å². The maximum absolute atomic E-state index is 11.9. The lowest BCUT2D eigenvalue weighted by Gasteiger charge is -2.11. The number of aromatic nitrogens is 2. The molecule has 1 amide bonds. The third-order valence-corrected chi connectivity index (χ3v) is 7.00. The third kappa shape index (κ3) is 5.52. The summed E-state index contributed by atoms with van der Waals surface area (Å²) in [7, 11) is -3.22. The first-order valence-electron chi connectivity index (χ1n) is 9.84. The van der Waals surface area contributed by atoms with E-state index in [1.807, 2.05) is 24.3 Å². The second kappa shape index (κ2) is 9.11. The lowest BCUT2D eigenvalue weighted by molar-refractivity contribution is 0.100. The molecule has 0 unspecified atom stereocenters. The number of nitrogens with two attached hydrogens (primary N) is 1. The molecule has 5 N–H and O–H groups in total. The number of rotatable bonds is 9. The highest BCUT2D eigenvalue weighted by atomic mass is 35.5. The first-order chi connectivity index (χ1) is 15.3. The number of primary amides is 1. The number of halogens is 1. The van der Waals surface area contributed by atoms with E-state index < -0.39 is 15.9 Å². The number of anilines is 4. The number of sulfonamides is 1. The van der Waals surface area contributed by atoms with Crippen LogP contribution in [0.2, 0.25) is 5.02 Å². The Bertz CT molecular complexity index is 1230. The summed E-state index contributed by atoms with van der Waals surface area (Å²) in [5, 5.41) is 6.26. The van der Waals surface area contributed by atoms with Crippen LogP contribution in [0.25, 0.3) is 0 Å². The molecule has 0 aliphatic heterocycles. The summed E-state index contributed by atoms with van der Waals surface area (Å²) >= 11 is 6.23. The molecule has 0 bridgehead atoms. The van der Waals surface area contributed by atoms with E-state index in [-0.39, 0.29) is 11.8 Å². The molecular formula is C21H21ClN6O3S. The van der Waals surface area contributed by atoms with Crippen LogP contribution < -0.4 is 21.1 Å². The first kappa shape index (κ1) is 22.0. The maximum atomic E-state index is 11.9. The van der Waals surface area contributed by atoms with E-state index in [1.54, 1.807) is 24.3 Å². The molecule has 2 aromatic carbocycles. The van der Waals surface area contributed by atoms with Crippen molar-refractivity contribution in [2.75, 3.05) is 10.6 Å². The highest BCUT2D eigenvalue weighted by Gasteiger charge is 2.35. The van der Waals surface area contributed by atoms with Crippen LogP contribution in [-0.2, 0) is 16.6 Å². The summed E-state index contributed by atoms with van der Waals surface area (Å²) in [6, 6.07) is 13.9. The zero-order chi connectivity index (χ0) is 22.7. The van der Waals surface area contributed by atoms with Crippen molar-refractivity contribution in [2.45, 2.75) is 24.6 Å². The van der Waals surface area contributed by atoms with Crippen LogP contribution in [0.15, 0.2) is 54.7 Å². The molecule has 1 aliphatic carbocycles. The van der Waals surface area contributed by atoms with Crippen molar-refractivity contribution in [3.63, 3.8) is 0 Å². The van der Waals surface area contributed by atoms with Gasteiger partial charge in [0.15, 0.2) is 5.82 Å². The number of nitrogens with zero attached hydrogens (tertiary/aromatic N) is 2. The molecule has 1 heterocycles. The predicted octanol–water partition coefficient (Wildman–Crippen LogP) is 3.30. The van der Waals surface area contributed by atoms with E-state index in [4.69, 9.17) is 17.3 Å². The van der Waals surface area contributed by atoms with Crippen LogP contribution in [0.4, 0.5) is 23.1 Å². The molecule has 3 aromatic rings. The van der Waals surface area contributed by atoms with E-state index in [0.717, 1.165) is 24.1 Å². The summed E-state index contributed by atoms with van der Waals surface area (Å²) in [6.45, 7) is 0.246. The summed E-state index contributed by atoms with van der Waals surface area (Å²) in [5.74, 6) is 0.215. The number of amides is 1. The van der Waals surface area contributed by atoms with Crippen molar-refractivity contribution in [1.29, 1.82) is 0 Å². The Balaban J connectivity index is 1.40. The number of benzene rings is 2. The highest BCUT2D eigenvalue weighted by molar-refractivity contribution is 7.90. The Hall–Kier alpha value is -3.21. The van der Waals surface area contributed by atoms with Gasteiger partial charge >= 0.3 is 0 Å². The standard InChI is InChI=1S/C21H21ClN6O3S/c22-18-12-24-21(27-16-7-3-14(4-8-16)19(23)29)28-20(18)26-15-5-1-13(2-6-15)11-25-32(30,31)17-9-10-17/h1-8,12,17,25H,9-11H2,(H2,23,29)(H2,24,26,27,28). The average molecular weight is 473 g/mol. The number of hydrogen-bond acceptors (Lipinski definition) is 7. The van der Waals surface area contributed by atoms with Gasteiger partial charge < -0.3 is 16.4 Å². The van der Waals surface area contributed by atoms with Gasteiger partial charge in [0.25, 0.3) is 0 Å². The lowest BCUT2D eigenvalue weighted by Crippen LogP contribution is -2.26. The smallest absolute Gasteiger partial charge is 0.248 e. The normalized spacial score (nSPS) is 13.5. The molecule has 1 aliphatic rings. The Kier molecular flexibility index (Phi) is 6.26. The van der Waals surface area contributed by atoms with Crippen molar-refractivity contribution in [2.24, 2.45) is 5.73 Å². The molecular weight excluding hydrogens is 452 g/mol. The third-order valence-electron chi connectivity index (χ3n) is 4.83. The Morgan fingerprint density at radius 2 is 1.66 bits per heavy atom. The maximum Gasteiger partial charge on any atom is 0.248 e. The van der Waals surface area contributed by atoms with E-state index >= 15 is 0 Å². The van der Waals surface area contributed by atoms with Gasteiger partial charge in [0.2, 0.25) is 21.9 Å². The number of nitrogens with one attached hydrogen (secondary N) is 3. The average Bonchev–Trinajstić information content (AvgIpc) is 3.62. The fourth-order valence-corrected chi connectivity index (χ4v) is 4.38. The minimum absolute atomic E-state index is 0.243. The van der Waals surface area contributed by atoms with Crippen LogP contribution in [0.1, 0.15) is 28.8 Å².